The molecule has 0 fully saturated rings. The Morgan fingerprint density at radius 1 is 1.35 bits per heavy atom. The molecule has 0 saturated carbocycles. The van der Waals surface area contributed by atoms with Gasteiger partial charge in [-0.25, -0.2) is 0 Å². The highest BCUT2D eigenvalue weighted by Gasteiger charge is 2.16. The second-order valence-electron chi connectivity index (χ2n) is 4.77. The van der Waals surface area contributed by atoms with Crippen molar-refractivity contribution in [3.63, 3.8) is 0 Å². The molecule has 0 aliphatic carbocycles. The van der Waals surface area contributed by atoms with Gasteiger partial charge in [0, 0.05) is 37.9 Å². The third kappa shape index (κ3) is 4.31. The van der Waals surface area contributed by atoms with Crippen molar-refractivity contribution in [2.75, 3.05) is 20.2 Å². The highest BCUT2D eigenvalue weighted by molar-refractivity contribution is 5.95. The Morgan fingerprint density at radius 3 is 2.60 bits per heavy atom. The predicted molar refractivity (Wildman–Crippen MR) is 75.7 cm³/mol. The third-order valence-electron chi connectivity index (χ3n) is 3.15. The summed E-state index contributed by atoms with van der Waals surface area (Å²) >= 11 is 0. The molecule has 1 rings (SSSR count). The maximum atomic E-state index is 12.2. The number of amides is 1. The summed E-state index contributed by atoms with van der Waals surface area (Å²) in [4.78, 5) is 24.0. The molecule has 0 heterocycles. The van der Waals surface area contributed by atoms with Gasteiger partial charge in [-0.15, -0.1) is 0 Å². The smallest absolute Gasteiger partial charge is 0.269 e. The van der Waals surface area contributed by atoms with Gasteiger partial charge in [-0.3, -0.25) is 14.9 Å². The minimum atomic E-state index is -0.472. The number of aliphatic hydroxyl groups excluding tert-OH is 1. The molecule has 1 aromatic carbocycles. The molecule has 1 N–H and O–H groups in total. The maximum absolute atomic E-state index is 12.2. The van der Waals surface area contributed by atoms with Crippen LogP contribution in [0.3, 0.4) is 0 Å². The van der Waals surface area contributed by atoms with Gasteiger partial charge in [0.15, 0.2) is 0 Å². The molecule has 0 unspecified atom stereocenters. The summed E-state index contributed by atoms with van der Waals surface area (Å²) < 4.78 is 0. The fourth-order valence-corrected chi connectivity index (χ4v) is 1.95. The summed E-state index contributed by atoms with van der Waals surface area (Å²) in [6, 6.07) is 4.26. The van der Waals surface area contributed by atoms with Crippen molar-refractivity contribution >= 4 is 11.6 Å². The van der Waals surface area contributed by atoms with Crippen LogP contribution in [0.4, 0.5) is 5.69 Å². The first-order valence-electron chi connectivity index (χ1n) is 6.58. The number of nitro groups is 1. The topological polar surface area (TPSA) is 83.7 Å². The minimum absolute atomic E-state index is 0.00958. The van der Waals surface area contributed by atoms with E-state index in [1.165, 1.54) is 18.2 Å². The summed E-state index contributed by atoms with van der Waals surface area (Å²) in [6.07, 6.45) is 2.43. The number of nitro benzene ring substituents is 1. The average Bonchev–Trinajstić information content (AvgIpc) is 2.42. The van der Waals surface area contributed by atoms with Gasteiger partial charge in [-0.05, 0) is 37.8 Å². The summed E-state index contributed by atoms with van der Waals surface area (Å²) in [5.41, 5.74) is 1.08. The van der Waals surface area contributed by atoms with Gasteiger partial charge in [0.25, 0.3) is 11.6 Å². The number of hydrogen-bond donors (Lipinski definition) is 1. The SMILES string of the molecule is Cc1cc([N+](=O)[O-])ccc1C(=O)N(C)CCCCCO. The van der Waals surface area contributed by atoms with Crippen molar-refractivity contribution in [2.45, 2.75) is 26.2 Å². The third-order valence-corrected chi connectivity index (χ3v) is 3.15. The normalized spacial score (nSPS) is 10.3. The van der Waals surface area contributed by atoms with Crippen LogP contribution in [0.2, 0.25) is 0 Å². The molecule has 0 aliphatic rings. The van der Waals surface area contributed by atoms with Gasteiger partial charge in [-0.2, -0.15) is 0 Å². The molecule has 0 bridgehead atoms. The van der Waals surface area contributed by atoms with E-state index in [0.29, 0.717) is 17.7 Å². The quantitative estimate of drug-likeness (QED) is 0.471. The van der Waals surface area contributed by atoms with Crippen molar-refractivity contribution in [3.05, 3.63) is 39.4 Å². The van der Waals surface area contributed by atoms with E-state index in [-0.39, 0.29) is 18.2 Å². The molecule has 0 aromatic heterocycles. The molecule has 6 heteroatoms. The first kappa shape index (κ1) is 16.1. The second kappa shape index (κ2) is 7.59. The Bertz CT molecular complexity index is 488. The van der Waals surface area contributed by atoms with E-state index < -0.39 is 4.92 Å². The number of hydrogen-bond acceptors (Lipinski definition) is 4. The van der Waals surface area contributed by atoms with E-state index in [1.807, 2.05) is 0 Å². The lowest BCUT2D eigenvalue weighted by atomic mass is 10.1. The van der Waals surface area contributed by atoms with E-state index in [9.17, 15) is 14.9 Å². The van der Waals surface area contributed by atoms with Crippen molar-refractivity contribution in [2.24, 2.45) is 0 Å². The van der Waals surface area contributed by atoms with Gasteiger partial charge >= 0.3 is 0 Å². The Labute approximate surface area is 118 Å². The van der Waals surface area contributed by atoms with Gasteiger partial charge in [0.1, 0.15) is 0 Å². The zero-order chi connectivity index (χ0) is 15.1. The minimum Gasteiger partial charge on any atom is -0.396 e. The monoisotopic (exact) mass is 280 g/mol. The van der Waals surface area contributed by atoms with Crippen molar-refractivity contribution < 1.29 is 14.8 Å². The zero-order valence-electron chi connectivity index (χ0n) is 11.8. The van der Waals surface area contributed by atoms with Crippen molar-refractivity contribution in [1.29, 1.82) is 0 Å². The molecule has 0 saturated heterocycles. The number of nitrogens with zero attached hydrogens (tertiary/aromatic N) is 2. The summed E-state index contributed by atoms with van der Waals surface area (Å²) in [6.45, 7) is 2.47. The summed E-state index contributed by atoms with van der Waals surface area (Å²) in [5, 5.41) is 19.4. The number of aryl methyl sites for hydroxylation is 1. The fraction of sp³-hybridized carbons (Fsp3) is 0.500. The Balaban J connectivity index is 2.69. The van der Waals surface area contributed by atoms with Crippen LogP contribution >= 0.6 is 0 Å². The lowest BCUT2D eigenvalue weighted by Crippen LogP contribution is -2.28. The number of aliphatic hydroxyl groups is 1. The zero-order valence-corrected chi connectivity index (χ0v) is 11.8. The second-order valence-corrected chi connectivity index (χ2v) is 4.77. The highest BCUT2D eigenvalue weighted by atomic mass is 16.6. The summed E-state index contributed by atoms with van der Waals surface area (Å²) in [7, 11) is 1.71. The van der Waals surface area contributed by atoms with Crippen LogP contribution < -0.4 is 0 Å². The number of rotatable bonds is 7. The lowest BCUT2D eigenvalue weighted by Gasteiger charge is -2.18. The molecule has 0 atom stereocenters. The van der Waals surface area contributed by atoms with E-state index in [1.54, 1.807) is 18.9 Å². The van der Waals surface area contributed by atoms with Crippen LogP contribution in [0.1, 0.15) is 35.2 Å². The standard InChI is InChI=1S/C14H20N2O4/c1-11-10-12(16(19)20)6-7-13(11)14(18)15(2)8-4-3-5-9-17/h6-7,10,17H,3-5,8-9H2,1-2H3. The van der Waals surface area contributed by atoms with Gasteiger partial charge in [-0.1, -0.05) is 0 Å². The molecule has 6 nitrogen and oxygen atoms in total. The van der Waals surface area contributed by atoms with Crippen molar-refractivity contribution in [1.82, 2.24) is 4.90 Å². The highest BCUT2D eigenvalue weighted by Crippen LogP contribution is 2.18. The van der Waals surface area contributed by atoms with Crippen LogP contribution in [0.15, 0.2) is 18.2 Å². The predicted octanol–water partition coefficient (Wildman–Crippen LogP) is 2.14. The molecule has 20 heavy (non-hydrogen) atoms. The Hall–Kier alpha value is -1.95. The molecule has 0 radical (unpaired) electrons. The van der Waals surface area contributed by atoms with Crippen molar-refractivity contribution in [3.8, 4) is 0 Å². The number of benzene rings is 1. The van der Waals surface area contributed by atoms with Crippen LogP contribution in [-0.2, 0) is 0 Å². The Morgan fingerprint density at radius 2 is 2.05 bits per heavy atom. The largest absolute Gasteiger partial charge is 0.396 e. The lowest BCUT2D eigenvalue weighted by molar-refractivity contribution is -0.384. The molecule has 1 aromatic rings. The fourth-order valence-electron chi connectivity index (χ4n) is 1.95. The Kier molecular flexibility index (Phi) is 6.11. The molecule has 0 spiro atoms. The average molecular weight is 280 g/mol. The maximum Gasteiger partial charge on any atom is 0.269 e. The summed E-state index contributed by atoms with van der Waals surface area (Å²) in [5.74, 6) is -0.138. The van der Waals surface area contributed by atoms with Crippen LogP contribution in [-0.4, -0.2) is 41.0 Å². The first-order valence-corrected chi connectivity index (χ1v) is 6.58. The molecular weight excluding hydrogens is 260 g/mol. The van der Waals surface area contributed by atoms with Gasteiger partial charge < -0.3 is 10.0 Å². The number of unbranched alkanes of at least 4 members (excludes halogenated alkanes) is 2. The molecule has 110 valence electrons. The molecule has 0 aliphatic heterocycles. The van der Waals surface area contributed by atoms with Gasteiger partial charge in [0.2, 0.25) is 0 Å². The van der Waals surface area contributed by atoms with Crippen LogP contribution in [0.5, 0.6) is 0 Å². The number of carbonyl (C=O) groups is 1. The molecular formula is C14H20N2O4. The van der Waals surface area contributed by atoms with E-state index in [4.69, 9.17) is 5.11 Å². The number of non-ortho nitro benzene ring substituents is 1. The van der Waals surface area contributed by atoms with E-state index >= 15 is 0 Å². The van der Waals surface area contributed by atoms with Crippen LogP contribution in [0.25, 0.3) is 0 Å². The first-order chi connectivity index (χ1) is 9.47. The number of carbonyl (C=O) groups excluding carboxylic acids is 1. The molecule has 1 amide bonds. The van der Waals surface area contributed by atoms with E-state index in [2.05, 4.69) is 0 Å². The van der Waals surface area contributed by atoms with Gasteiger partial charge in [0.05, 0.1) is 4.92 Å². The van der Waals surface area contributed by atoms with Crippen LogP contribution in [0, 0.1) is 17.0 Å². The van der Waals surface area contributed by atoms with E-state index in [0.717, 1.165) is 19.3 Å².